The van der Waals surface area contributed by atoms with Gasteiger partial charge in [-0.2, -0.15) is 0 Å². The molecule has 1 aromatic heterocycles. The molecule has 0 spiro atoms. The largest absolute Gasteiger partial charge is 0.351 e. The van der Waals surface area contributed by atoms with Crippen molar-refractivity contribution in [3.63, 3.8) is 0 Å². The molecule has 0 saturated heterocycles. The first kappa shape index (κ1) is 14.6. The first-order valence-corrected chi connectivity index (χ1v) is 6.25. The molecule has 0 saturated carbocycles. The number of nitrogens with two attached hydrogens (primary N) is 1. The summed E-state index contributed by atoms with van der Waals surface area (Å²) in [6.07, 6.45) is 4.20. The lowest BCUT2D eigenvalue weighted by molar-refractivity contribution is -0.126. The van der Waals surface area contributed by atoms with Crippen LogP contribution in [0.15, 0.2) is 18.5 Å². The Labute approximate surface area is 109 Å². The zero-order valence-electron chi connectivity index (χ0n) is 11.7. The van der Waals surface area contributed by atoms with Crippen molar-refractivity contribution in [2.24, 2.45) is 11.7 Å². The van der Waals surface area contributed by atoms with Gasteiger partial charge < -0.3 is 11.1 Å². The second-order valence-electron chi connectivity index (χ2n) is 5.68. The van der Waals surface area contributed by atoms with E-state index in [-0.39, 0.29) is 17.4 Å². The average molecular weight is 249 g/mol. The summed E-state index contributed by atoms with van der Waals surface area (Å²) in [5.41, 5.74) is 7.71. The molecular formula is C14H23N3O. The van der Waals surface area contributed by atoms with Gasteiger partial charge in [-0.05, 0) is 51.3 Å². The molecule has 0 aliphatic rings. The highest BCUT2D eigenvalue weighted by Crippen LogP contribution is 2.13. The Balaban J connectivity index is 2.74. The summed E-state index contributed by atoms with van der Waals surface area (Å²) in [6, 6.07) is 1.95. The molecule has 0 radical (unpaired) electrons. The summed E-state index contributed by atoms with van der Waals surface area (Å²) in [5.74, 6) is -0.194. The molecule has 1 unspecified atom stereocenters. The number of pyridine rings is 1. The Bertz CT molecular complexity index is 410. The maximum Gasteiger partial charge on any atom is 0.225 e. The molecule has 0 aliphatic heterocycles. The Morgan fingerprint density at radius 1 is 1.50 bits per heavy atom. The van der Waals surface area contributed by atoms with Crippen LogP contribution in [0.4, 0.5) is 0 Å². The molecule has 100 valence electrons. The van der Waals surface area contributed by atoms with Crippen molar-refractivity contribution >= 4 is 5.91 Å². The number of carbonyl (C=O) groups excluding carboxylic acids is 1. The first-order valence-electron chi connectivity index (χ1n) is 6.25. The molecule has 0 aliphatic carbocycles. The van der Waals surface area contributed by atoms with Crippen LogP contribution in [0.2, 0.25) is 0 Å². The van der Waals surface area contributed by atoms with Crippen LogP contribution in [-0.4, -0.2) is 23.0 Å². The van der Waals surface area contributed by atoms with Crippen LogP contribution < -0.4 is 11.1 Å². The van der Waals surface area contributed by atoms with Crippen molar-refractivity contribution in [3.8, 4) is 0 Å². The molecule has 1 atom stereocenters. The lowest BCUT2D eigenvalue weighted by Crippen LogP contribution is -2.46. The third kappa shape index (κ3) is 4.45. The molecule has 0 bridgehead atoms. The van der Waals surface area contributed by atoms with Gasteiger partial charge in [-0.1, -0.05) is 0 Å². The number of nitrogens with zero attached hydrogens (tertiary/aromatic N) is 1. The number of carbonyl (C=O) groups is 1. The summed E-state index contributed by atoms with van der Waals surface area (Å²) in [4.78, 5) is 16.2. The van der Waals surface area contributed by atoms with Gasteiger partial charge in [-0.3, -0.25) is 9.78 Å². The van der Waals surface area contributed by atoms with Gasteiger partial charge in [0.2, 0.25) is 5.91 Å². The Kier molecular flexibility index (Phi) is 4.84. The molecule has 0 fully saturated rings. The molecule has 0 aromatic carbocycles. The van der Waals surface area contributed by atoms with Gasteiger partial charge in [0.25, 0.3) is 0 Å². The van der Waals surface area contributed by atoms with E-state index >= 15 is 0 Å². The van der Waals surface area contributed by atoms with Crippen molar-refractivity contribution in [3.05, 3.63) is 29.6 Å². The van der Waals surface area contributed by atoms with Gasteiger partial charge >= 0.3 is 0 Å². The van der Waals surface area contributed by atoms with E-state index in [1.807, 2.05) is 40.0 Å². The van der Waals surface area contributed by atoms with Crippen LogP contribution >= 0.6 is 0 Å². The third-order valence-corrected chi connectivity index (χ3v) is 2.77. The highest BCUT2D eigenvalue weighted by atomic mass is 16.2. The van der Waals surface area contributed by atoms with Crippen LogP contribution in [-0.2, 0) is 11.2 Å². The maximum absolute atomic E-state index is 12.1. The minimum absolute atomic E-state index is 0.00764. The fraction of sp³-hybridized carbons (Fsp3) is 0.571. The fourth-order valence-electron chi connectivity index (χ4n) is 1.73. The zero-order valence-corrected chi connectivity index (χ0v) is 11.7. The SMILES string of the molecule is Cc1ccncc1CC(CN)C(=O)NC(C)(C)C. The van der Waals surface area contributed by atoms with E-state index in [1.165, 1.54) is 0 Å². The average Bonchev–Trinajstić information content (AvgIpc) is 2.25. The summed E-state index contributed by atoms with van der Waals surface area (Å²) in [5, 5.41) is 2.97. The lowest BCUT2D eigenvalue weighted by atomic mass is 9.96. The van der Waals surface area contributed by atoms with Gasteiger partial charge in [0, 0.05) is 24.5 Å². The highest BCUT2D eigenvalue weighted by Gasteiger charge is 2.22. The highest BCUT2D eigenvalue weighted by molar-refractivity contribution is 5.79. The van der Waals surface area contributed by atoms with E-state index in [4.69, 9.17) is 5.73 Å². The van der Waals surface area contributed by atoms with Crippen molar-refractivity contribution in [2.45, 2.75) is 39.7 Å². The number of rotatable bonds is 4. The van der Waals surface area contributed by atoms with Gasteiger partial charge in [0.15, 0.2) is 0 Å². The van der Waals surface area contributed by atoms with Crippen LogP contribution in [0.3, 0.4) is 0 Å². The molecule has 3 N–H and O–H groups in total. The topological polar surface area (TPSA) is 68.0 Å². The van der Waals surface area contributed by atoms with Crippen molar-refractivity contribution in [1.29, 1.82) is 0 Å². The normalized spacial score (nSPS) is 13.2. The first-order chi connectivity index (χ1) is 8.33. The molecular weight excluding hydrogens is 226 g/mol. The predicted molar refractivity (Wildman–Crippen MR) is 73.1 cm³/mol. The second kappa shape index (κ2) is 5.96. The number of aromatic nitrogens is 1. The maximum atomic E-state index is 12.1. The van der Waals surface area contributed by atoms with Gasteiger partial charge in [0.05, 0.1) is 5.92 Å². The fourth-order valence-corrected chi connectivity index (χ4v) is 1.73. The van der Waals surface area contributed by atoms with E-state index in [1.54, 1.807) is 6.20 Å². The van der Waals surface area contributed by atoms with E-state index < -0.39 is 0 Å². The predicted octanol–water partition coefficient (Wildman–Crippen LogP) is 1.42. The van der Waals surface area contributed by atoms with Crippen LogP contribution in [0.1, 0.15) is 31.9 Å². The van der Waals surface area contributed by atoms with E-state index in [0.29, 0.717) is 13.0 Å². The number of nitrogens with one attached hydrogen (secondary N) is 1. The van der Waals surface area contributed by atoms with Crippen LogP contribution in [0.5, 0.6) is 0 Å². The van der Waals surface area contributed by atoms with Gasteiger partial charge in [0.1, 0.15) is 0 Å². The molecule has 1 amide bonds. The van der Waals surface area contributed by atoms with E-state index in [2.05, 4.69) is 10.3 Å². The standard InChI is InChI=1S/C14H23N3O/c1-10-5-6-16-9-12(10)7-11(8-15)13(18)17-14(2,3)4/h5-6,9,11H,7-8,15H2,1-4H3,(H,17,18). The number of hydrogen-bond donors (Lipinski definition) is 2. The summed E-state index contributed by atoms with van der Waals surface area (Å²) >= 11 is 0. The minimum atomic E-state index is -0.228. The number of hydrogen-bond acceptors (Lipinski definition) is 3. The minimum Gasteiger partial charge on any atom is -0.351 e. The number of aryl methyl sites for hydroxylation is 1. The molecule has 4 heteroatoms. The monoisotopic (exact) mass is 249 g/mol. The zero-order chi connectivity index (χ0) is 13.8. The summed E-state index contributed by atoms with van der Waals surface area (Å²) in [6.45, 7) is 8.26. The molecule has 18 heavy (non-hydrogen) atoms. The molecule has 4 nitrogen and oxygen atoms in total. The molecule has 1 rings (SSSR count). The quantitative estimate of drug-likeness (QED) is 0.848. The number of amides is 1. The Morgan fingerprint density at radius 2 is 2.17 bits per heavy atom. The van der Waals surface area contributed by atoms with E-state index in [0.717, 1.165) is 11.1 Å². The van der Waals surface area contributed by atoms with Gasteiger partial charge in [-0.25, -0.2) is 0 Å². The lowest BCUT2D eigenvalue weighted by Gasteiger charge is -2.24. The van der Waals surface area contributed by atoms with Crippen molar-refractivity contribution < 1.29 is 4.79 Å². The third-order valence-electron chi connectivity index (χ3n) is 2.77. The van der Waals surface area contributed by atoms with Gasteiger partial charge in [-0.15, -0.1) is 0 Å². The summed E-state index contributed by atoms with van der Waals surface area (Å²) < 4.78 is 0. The van der Waals surface area contributed by atoms with Crippen molar-refractivity contribution in [1.82, 2.24) is 10.3 Å². The van der Waals surface area contributed by atoms with Crippen molar-refractivity contribution in [2.75, 3.05) is 6.54 Å². The van der Waals surface area contributed by atoms with Crippen LogP contribution in [0.25, 0.3) is 0 Å². The summed E-state index contributed by atoms with van der Waals surface area (Å²) in [7, 11) is 0. The second-order valence-corrected chi connectivity index (χ2v) is 5.68. The Morgan fingerprint density at radius 3 is 2.67 bits per heavy atom. The Hall–Kier alpha value is -1.42. The van der Waals surface area contributed by atoms with E-state index in [9.17, 15) is 4.79 Å². The van der Waals surface area contributed by atoms with Crippen LogP contribution in [0, 0.1) is 12.8 Å². The molecule has 1 heterocycles. The molecule has 1 aromatic rings. The smallest absolute Gasteiger partial charge is 0.225 e.